The van der Waals surface area contributed by atoms with Crippen LogP contribution in [0.25, 0.3) is 0 Å². The molecule has 0 fully saturated rings. The fourth-order valence-electron chi connectivity index (χ4n) is 3.34. The highest BCUT2D eigenvalue weighted by atomic mass is 16.5. The zero-order valence-electron chi connectivity index (χ0n) is 12.0. The second-order valence-corrected chi connectivity index (χ2v) is 5.46. The highest BCUT2D eigenvalue weighted by Gasteiger charge is 2.56. The number of amides is 1. The summed E-state index contributed by atoms with van der Waals surface area (Å²) in [6.07, 6.45) is 0. The smallest absolute Gasteiger partial charge is 0.245 e. The monoisotopic (exact) mass is 304 g/mol. The van der Waals surface area contributed by atoms with Crippen LogP contribution in [0.2, 0.25) is 0 Å². The number of ether oxygens (including phenoxy) is 1. The van der Waals surface area contributed by atoms with Crippen LogP contribution in [0.5, 0.6) is 5.75 Å². The second kappa shape index (κ2) is 4.27. The molecule has 1 atom stereocenters. The van der Waals surface area contributed by atoms with Crippen molar-refractivity contribution in [1.82, 2.24) is 0 Å². The first kappa shape index (κ1) is 13.2. The first-order chi connectivity index (χ1) is 11.1. The van der Waals surface area contributed by atoms with E-state index < -0.39 is 5.41 Å². The molecule has 2 heterocycles. The van der Waals surface area contributed by atoms with Crippen molar-refractivity contribution in [3.63, 3.8) is 0 Å². The van der Waals surface area contributed by atoms with Crippen molar-refractivity contribution in [2.45, 2.75) is 5.41 Å². The van der Waals surface area contributed by atoms with Gasteiger partial charge in [0.15, 0.2) is 0 Å². The molecule has 0 aliphatic carbocycles. The van der Waals surface area contributed by atoms with Gasteiger partial charge in [0.1, 0.15) is 22.8 Å². The summed E-state index contributed by atoms with van der Waals surface area (Å²) in [5.74, 6) is 0.0585. The molecule has 2 aromatic carbocycles. The van der Waals surface area contributed by atoms with E-state index in [4.69, 9.17) is 16.2 Å². The van der Waals surface area contributed by atoms with E-state index in [-0.39, 0.29) is 17.4 Å². The van der Waals surface area contributed by atoms with Gasteiger partial charge in [-0.2, -0.15) is 5.26 Å². The van der Waals surface area contributed by atoms with Gasteiger partial charge in [-0.25, -0.2) is 0 Å². The average Bonchev–Trinajstić information content (AvgIpc) is 2.80. The van der Waals surface area contributed by atoms with Gasteiger partial charge in [0.25, 0.3) is 0 Å². The number of nitrogens with two attached hydrogens (primary N) is 2. The number of benzene rings is 2. The van der Waals surface area contributed by atoms with Crippen molar-refractivity contribution in [3.8, 4) is 11.8 Å². The highest BCUT2D eigenvalue weighted by molar-refractivity contribution is 6.13. The molecule has 112 valence electrons. The molecule has 0 saturated carbocycles. The lowest BCUT2D eigenvalue weighted by Gasteiger charge is -2.33. The molecule has 2 aromatic rings. The third-order valence-electron chi connectivity index (χ3n) is 4.28. The highest BCUT2D eigenvalue weighted by Crippen LogP contribution is 2.53. The van der Waals surface area contributed by atoms with Gasteiger partial charge in [-0.15, -0.1) is 0 Å². The van der Waals surface area contributed by atoms with Crippen LogP contribution in [0.4, 0.5) is 11.4 Å². The average molecular weight is 304 g/mol. The zero-order valence-corrected chi connectivity index (χ0v) is 12.0. The Balaban J connectivity index is 2.15. The number of fused-ring (bicyclic) bond motifs is 4. The molecule has 4 rings (SSSR count). The lowest BCUT2D eigenvalue weighted by molar-refractivity contribution is -0.118. The van der Waals surface area contributed by atoms with Crippen LogP contribution in [-0.4, -0.2) is 5.91 Å². The van der Waals surface area contributed by atoms with Crippen LogP contribution < -0.4 is 21.5 Å². The molecular weight excluding hydrogens is 292 g/mol. The van der Waals surface area contributed by atoms with Crippen LogP contribution in [0.1, 0.15) is 11.1 Å². The lowest BCUT2D eigenvalue weighted by Crippen LogP contribution is -2.42. The summed E-state index contributed by atoms with van der Waals surface area (Å²) in [5.41, 5.74) is 12.9. The summed E-state index contributed by atoms with van der Waals surface area (Å²) in [6, 6.07) is 14.2. The molecule has 0 radical (unpaired) electrons. The number of nitrogens with one attached hydrogen (secondary N) is 1. The number of nitrogens with zero attached hydrogens (tertiary/aromatic N) is 1. The molecule has 5 N–H and O–H groups in total. The van der Waals surface area contributed by atoms with Gasteiger partial charge in [0, 0.05) is 22.5 Å². The quantitative estimate of drug-likeness (QED) is 0.639. The van der Waals surface area contributed by atoms with Gasteiger partial charge in [0.2, 0.25) is 11.8 Å². The van der Waals surface area contributed by atoms with Gasteiger partial charge in [0.05, 0.1) is 0 Å². The number of carbonyl (C=O) groups is 1. The number of hydrogen-bond donors (Lipinski definition) is 3. The van der Waals surface area contributed by atoms with Crippen molar-refractivity contribution in [3.05, 3.63) is 65.0 Å². The van der Waals surface area contributed by atoms with Crippen molar-refractivity contribution in [1.29, 1.82) is 5.26 Å². The number of rotatable bonds is 0. The molecule has 2 aliphatic heterocycles. The first-order valence-electron chi connectivity index (χ1n) is 6.98. The van der Waals surface area contributed by atoms with Gasteiger partial charge >= 0.3 is 0 Å². The molecule has 0 bridgehead atoms. The summed E-state index contributed by atoms with van der Waals surface area (Å²) < 4.78 is 5.54. The Morgan fingerprint density at radius 1 is 1.13 bits per heavy atom. The Bertz CT molecular complexity index is 942. The van der Waals surface area contributed by atoms with E-state index in [9.17, 15) is 10.1 Å². The number of para-hydroxylation sites is 1. The van der Waals surface area contributed by atoms with Crippen LogP contribution in [-0.2, 0) is 10.2 Å². The van der Waals surface area contributed by atoms with Crippen LogP contribution in [0, 0.1) is 11.3 Å². The van der Waals surface area contributed by atoms with Crippen molar-refractivity contribution in [2.24, 2.45) is 5.73 Å². The third-order valence-corrected chi connectivity index (χ3v) is 4.28. The standard InChI is InChI=1S/C17H12N4O2/c18-8-12-15(20)23-14-4-2-1-3-11(14)17(12)10-6-5-9(19)7-13(10)21-16(17)22/h1-7H,19-20H2,(H,21,22)/t17-/m0/s1. The van der Waals surface area contributed by atoms with Crippen molar-refractivity contribution in [2.75, 3.05) is 11.1 Å². The van der Waals surface area contributed by atoms with Crippen LogP contribution >= 0.6 is 0 Å². The van der Waals surface area contributed by atoms with Gasteiger partial charge < -0.3 is 21.5 Å². The van der Waals surface area contributed by atoms with E-state index in [1.165, 1.54) is 0 Å². The normalized spacial score (nSPS) is 21.3. The summed E-state index contributed by atoms with van der Waals surface area (Å²) >= 11 is 0. The summed E-state index contributed by atoms with van der Waals surface area (Å²) in [5, 5.41) is 12.4. The topological polar surface area (TPSA) is 114 Å². The fourth-order valence-corrected chi connectivity index (χ4v) is 3.34. The molecule has 0 aromatic heterocycles. The molecule has 6 nitrogen and oxygen atoms in total. The Morgan fingerprint density at radius 3 is 2.70 bits per heavy atom. The first-order valence-corrected chi connectivity index (χ1v) is 6.98. The molecule has 23 heavy (non-hydrogen) atoms. The maximum atomic E-state index is 12.9. The molecule has 0 saturated heterocycles. The van der Waals surface area contributed by atoms with E-state index in [0.717, 1.165) is 0 Å². The maximum Gasteiger partial charge on any atom is 0.245 e. The fraction of sp³-hybridized carbons (Fsp3) is 0.0588. The Hall–Kier alpha value is -3.46. The predicted molar refractivity (Wildman–Crippen MR) is 84.2 cm³/mol. The number of nitriles is 1. The number of carbonyl (C=O) groups excluding carboxylic acids is 1. The Morgan fingerprint density at radius 2 is 1.91 bits per heavy atom. The van der Waals surface area contributed by atoms with E-state index in [2.05, 4.69) is 11.4 Å². The zero-order chi connectivity index (χ0) is 16.2. The molecule has 6 heteroatoms. The SMILES string of the molecule is N#CC1=C(N)Oc2ccccc2[C@]12C(=O)Nc1cc(N)ccc12. The van der Waals surface area contributed by atoms with Crippen molar-refractivity contribution < 1.29 is 9.53 Å². The molecule has 1 amide bonds. The molecular formula is C17H12N4O2. The molecule has 1 spiro atoms. The van der Waals surface area contributed by atoms with E-state index in [1.807, 2.05) is 0 Å². The van der Waals surface area contributed by atoms with E-state index in [0.29, 0.717) is 28.3 Å². The minimum absolute atomic E-state index is 0.0639. The van der Waals surface area contributed by atoms with Crippen LogP contribution in [0.3, 0.4) is 0 Å². The Labute approximate surface area is 132 Å². The van der Waals surface area contributed by atoms with Gasteiger partial charge in [-0.3, -0.25) is 4.79 Å². The summed E-state index contributed by atoms with van der Waals surface area (Å²) in [6.45, 7) is 0. The third kappa shape index (κ3) is 1.48. The Kier molecular flexibility index (Phi) is 2.46. The van der Waals surface area contributed by atoms with Crippen molar-refractivity contribution >= 4 is 17.3 Å². The number of nitrogen functional groups attached to an aromatic ring is 1. The lowest BCUT2D eigenvalue weighted by atomic mass is 9.69. The van der Waals surface area contributed by atoms with Crippen LogP contribution in [0.15, 0.2) is 53.9 Å². The number of anilines is 2. The van der Waals surface area contributed by atoms with E-state index >= 15 is 0 Å². The molecule has 0 unspecified atom stereocenters. The maximum absolute atomic E-state index is 12.9. The molecule has 2 aliphatic rings. The summed E-state index contributed by atoms with van der Waals surface area (Å²) in [4.78, 5) is 12.9. The minimum Gasteiger partial charge on any atom is -0.440 e. The van der Waals surface area contributed by atoms with Gasteiger partial charge in [-0.05, 0) is 18.2 Å². The number of hydrogen-bond acceptors (Lipinski definition) is 5. The van der Waals surface area contributed by atoms with E-state index in [1.54, 1.807) is 42.5 Å². The summed E-state index contributed by atoms with van der Waals surface area (Å²) in [7, 11) is 0. The minimum atomic E-state index is -1.31. The van der Waals surface area contributed by atoms with Gasteiger partial charge in [-0.1, -0.05) is 24.3 Å². The largest absolute Gasteiger partial charge is 0.440 e. The second-order valence-electron chi connectivity index (χ2n) is 5.46. The predicted octanol–water partition coefficient (Wildman–Crippen LogP) is 1.59.